The third kappa shape index (κ3) is 7.88. The number of ether oxygens (including phenoxy) is 1. The molecule has 0 unspecified atom stereocenters. The smallest absolute Gasteiger partial charge is 0.207 e. The summed E-state index contributed by atoms with van der Waals surface area (Å²) in [5.41, 5.74) is 0. The molecule has 0 aromatic carbocycles. The summed E-state index contributed by atoms with van der Waals surface area (Å²) in [4.78, 5) is 9.22. The van der Waals surface area contributed by atoms with Gasteiger partial charge < -0.3 is 9.53 Å². The van der Waals surface area contributed by atoms with E-state index in [9.17, 15) is 4.80 Å². The molecule has 0 saturated carbocycles. The Labute approximate surface area is 57.3 Å². The van der Waals surface area contributed by atoms with Crippen molar-refractivity contribution in [2.24, 2.45) is 0 Å². The molecule has 9 heavy (non-hydrogen) atoms. The fourth-order valence-electron chi connectivity index (χ4n) is 0.392. The van der Waals surface area contributed by atoms with Crippen molar-refractivity contribution in [2.75, 3.05) is 12.8 Å². The predicted octanol–water partition coefficient (Wildman–Crippen LogP) is 0.926. The normalized spacial score (nSPS) is 11.4. The number of hydrogen-bond donors (Lipinski definition) is 1. The molecule has 0 aliphatic carbocycles. The van der Waals surface area contributed by atoms with Crippen molar-refractivity contribution in [1.82, 2.24) is 0 Å². The quantitative estimate of drug-likeness (QED) is 0.363. The first-order valence-electron chi connectivity index (χ1n) is 2.97. The molecule has 2 nitrogen and oxygen atoms in total. The zero-order valence-corrected chi connectivity index (χ0v) is 7.05. The molecule has 0 heterocycles. The van der Waals surface area contributed by atoms with Crippen LogP contribution in [0.25, 0.3) is 0 Å². The van der Waals surface area contributed by atoms with Gasteiger partial charge in [-0.2, -0.15) is 0 Å². The van der Waals surface area contributed by atoms with Gasteiger partial charge in [-0.25, -0.2) is 0 Å². The first kappa shape index (κ1) is 8.88. The van der Waals surface area contributed by atoms with Gasteiger partial charge in [0.2, 0.25) is 8.32 Å². The summed E-state index contributed by atoms with van der Waals surface area (Å²) in [7, 11) is -1.96. The molecular weight excluding hydrogens is 132 g/mol. The van der Waals surface area contributed by atoms with Crippen molar-refractivity contribution in [1.29, 1.82) is 0 Å². The molecule has 0 aromatic rings. The third-order valence-electron chi connectivity index (χ3n) is 0.691. The minimum absolute atomic E-state index is 0.499. The van der Waals surface area contributed by atoms with Crippen molar-refractivity contribution < 1.29 is 9.53 Å². The van der Waals surface area contributed by atoms with Crippen LogP contribution in [0.2, 0.25) is 13.1 Å². The molecule has 0 radical (unpaired) electrons. The van der Waals surface area contributed by atoms with Crippen molar-refractivity contribution >= 4 is 8.32 Å². The molecule has 3 heteroatoms. The van der Waals surface area contributed by atoms with Crippen molar-refractivity contribution in [3.05, 3.63) is 12.7 Å². The highest BCUT2D eigenvalue weighted by Gasteiger charge is 2.15. The summed E-state index contributed by atoms with van der Waals surface area (Å²) in [5, 5.41) is 0. The van der Waals surface area contributed by atoms with E-state index in [2.05, 4.69) is 6.58 Å². The molecule has 0 aliphatic heterocycles. The van der Waals surface area contributed by atoms with E-state index >= 15 is 0 Å². The van der Waals surface area contributed by atoms with Gasteiger partial charge in [0, 0.05) is 0 Å². The summed E-state index contributed by atoms with van der Waals surface area (Å²) in [5.74, 6) is 0. The zero-order valence-electron chi connectivity index (χ0n) is 6.05. The maximum Gasteiger partial charge on any atom is 0.207 e. The number of rotatable bonds is 4. The Morgan fingerprint density at radius 3 is 2.56 bits per heavy atom. The number of hydrogen-bond acceptors (Lipinski definition) is 2. The highest BCUT2D eigenvalue weighted by atomic mass is 28.4. The minimum atomic E-state index is -1.96. The molecule has 0 fully saturated rings. The monoisotopic (exact) mass is 146 g/mol. The lowest BCUT2D eigenvalue weighted by Crippen LogP contribution is -2.32. The fourth-order valence-corrected chi connectivity index (χ4v) is 1.01. The minimum Gasteiger partial charge on any atom is -0.430 e. The maximum atomic E-state index is 9.22. The van der Waals surface area contributed by atoms with Gasteiger partial charge in [-0.15, -0.1) is 6.58 Å². The molecule has 1 N–H and O–H groups in total. The van der Waals surface area contributed by atoms with Gasteiger partial charge in [-0.05, 0) is 13.1 Å². The zero-order chi connectivity index (χ0) is 7.33. The van der Waals surface area contributed by atoms with Crippen molar-refractivity contribution in [3.63, 3.8) is 0 Å². The standard InChI is InChI=1S/C6H14O2Si/c1-4-5-8-6-9(2,3)7/h4,7H,1,5-6H2,2-3H3. The summed E-state index contributed by atoms with van der Waals surface area (Å²) in [6.07, 6.45) is 2.18. The Kier molecular flexibility index (Phi) is 3.77. The Morgan fingerprint density at radius 1 is 1.67 bits per heavy atom. The van der Waals surface area contributed by atoms with Crippen LogP contribution < -0.4 is 0 Å². The van der Waals surface area contributed by atoms with Crippen molar-refractivity contribution in [3.8, 4) is 0 Å². The SMILES string of the molecule is C=CCOC[Si](C)(C)O. The molecule has 0 atom stereocenters. The van der Waals surface area contributed by atoms with Crippen LogP contribution in [0, 0.1) is 0 Å². The van der Waals surface area contributed by atoms with Crippen LogP contribution in [0.1, 0.15) is 0 Å². The second-order valence-corrected chi connectivity index (χ2v) is 6.53. The van der Waals surface area contributed by atoms with Crippen molar-refractivity contribution in [2.45, 2.75) is 13.1 Å². The van der Waals surface area contributed by atoms with Crippen LogP contribution in [0.5, 0.6) is 0 Å². The first-order valence-corrected chi connectivity index (χ1v) is 6.13. The molecular formula is C6H14O2Si. The molecule has 0 rings (SSSR count). The lowest BCUT2D eigenvalue weighted by molar-refractivity contribution is 0.194. The average Bonchev–Trinajstić information content (AvgIpc) is 1.63. The van der Waals surface area contributed by atoms with Gasteiger partial charge in [0.1, 0.15) is 0 Å². The van der Waals surface area contributed by atoms with Crippen LogP contribution in [-0.2, 0) is 4.74 Å². The summed E-state index contributed by atoms with van der Waals surface area (Å²) in [6.45, 7) is 7.71. The van der Waals surface area contributed by atoms with Crippen LogP contribution in [-0.4, -0.2) is 26.0 Å². The average molecular weight is 146 g/mol. The Bertz CT molecular complexity index is 85.5. The lowest BCUT2D eigenvalue weighted by Gasteiger charge is -2.12. The molecule has 0 saturated heterocycles. The second kappa shape index (κ2) is 3.82. The van der Waals surface area contributed by atoms with E-state index in [0.29, 0.717) is 12.8 Å². The largest absolute Gasteiger partial charge is 0.430 e. The highest BCUT2D eigenvalue weighted by Crippen LogP contribution is 1.95. The molecule has 0 amide bonds. The molecule has 0 bridgehead atoms. The van der Waals surface area contributed by atoms with Crippen LogP contribution in [0.4, 0.5) is 0 Å². The summed E-state index contributed by atoms with van der Waals surface area (Å²) < 4.78 is 5.04. The molecule has 0 spiro atoms. The fraction of sp³-hybridized carbons (Fsp3) is 0.667. The Morgan fingerprint density at radius 2 is 2.22 bits per heavy atom. The van der Waals surface area contributed by atoms with E-state index in [1.165, 1.54) is 0 Å². The van der Waals surface area contributed by atoms with Gasteiger partial charge in [-0.1, -0.05) is 6.08 Å². The topological polar surface area (TPSA) is 29.5 Å². The third-order valence-corrected chi connectivity index (χ3v) is 1.60. The summed E-state index contributed by atoms with van der Waals surface area (Å²) in [6, 6.07) is 0. The van der Waals surface area contributed by atoms with Crippen LogP contribution in [0.15, 0.2) is 12.7 Å². The van der Waals surface area contributed by atoms with E-state index in [1.54, 1.807) is 6.08 Å². The van der Waals surface area contributed by atoms with Gasteiger partial charge in [-0.3, -0.25) is 0 Å². The van der Waals surface area contributed by atoms with E-state index in [4.69, 9.17) is 4.74 Å². The first-order chi connectivity index (χ1) is 4.06. The maximum absolute atomic E-state index is 9.22. The van der Waals surface area contributed by atoms with Crippen LogP contribution in [0.3, 0.4) is 0 Å². The van der Waals surface area contributed by atoms with Gasteiger partial charge >= 0.3 is 0 Å². The van der Waals surface area contributed by atoms with E-state index in [1.807, 2.05) is 13.1 Å². The Balaban J connectivity index is 3.17. The van der Waals surface area contributed by atoms with Gasteiger partial charge in [0.05, 0.1) is 12.8 Å². The van der Waals surface area contributed by atoms with E-state index < -0.39 is 8.32 Å². The van der Waals surface area contributed by atoms with Gasteiger partial charge in [0.15, 0.2) is 0 Å². The Hall–Kier alpha value is -0.123. The van der Waals surface area contributed by atoms with Crippen LogP contribution >= 0.6 is 0 Å². The predicted molar refractivity (Wildman–Crippen MR) is 40.7 cm³/mol. The molecule has 0 aliphatic rings. The summed E-state index contributed by atoms with van der Waals surface area (Å²) >= 11 is 0. The van der Waals surface area contributed by atoms with E-state index in [-0.39, 0.29) is 0 Å². The second-order valence-electron chi connectivity index (χ2n) is 2.62. The van der Waals surface area contributed by atoms with E-state index in [0.717, 1.165) is 0 Å². The van der Waals surface area contributed by atoms with Gasteiger partial charge in [0.25, 0.3) is 0 Å². The molecule has 0 aromatic heterocycles. The molecule has 54 valence electrons. The lowest BCUT2D eigenvalue weighted by atomic mass is 10.7. The highest BCUT2D eigenvalue weighted by molar-refractivity contribution is 6.69.